The van der Waals surface area contributed by atoms with Gasteiger partial charge in [0.25, 0.3) is 5.22 Å². The summed E-state index contributed by atoms with van der Waals surface area (Å²) in [5.41, 5.74) is 2.63. The average Bonchev–Trinajstić information content (AvgIpc) is 3.25. The molecule has 0 unspecified atom stereocenters. The molecular formula is C22H25N5O4S2. The fourth-order valence-electron chi connectivity index (χ4n) is 3.57. The van der Waals surface area contributed by atoms with Crippen molar-refractivity contribution in [2.75, 3.05) is 48.4 Å². The maximum atomic E-state index is 12.6. The highest BCUT2D eigenvalue weighted by molar-refractivity contribution is 7.99. The number of hydrogen-bond donors (Lipinski definition) is 1. The fraction of sp³-hybridized carbons (Fsp3) is 0.318. The maximum Gasteiger partial charge on any atom is 0.277 e. The molecule has 11 heteroatoms. The van der Waals surface area contributed by atoms with E-state index in [1.165, 1.54) is 22.3 Å². The first-order chi connectivity index (χ1) is 15.9. The normalized spacial score (nSPS) is 14.9. The topological polar surface area (TPSA) is 109 Å². The minimum Gasteiger partial charge on any atom is -0.416 e. The van der Waals surface area contributed by atoms with Crippen LogP contribution in [0.3, 0.4) is 0 Å². The van der Waals surface area contributed by atoms with Crippen molar-refractivity contribution in [3.63, 3.8) is 0 Å². The van der Waals surface area contributed by atoms with Gasteiger partial charge in [0.2, 0.25) is 21.8 Å². The van der Waals surface area contributed by atoms with Crippen molar-refractivity contribution in [1.82, 2.24) is 14.5 Å². The number of thioether (sulfide) groups is 1. The molecule has 0 bridgehead atoms. The van der Waals surface area contributed by atoms with E-state index in [1.807, 2.05) is 54.6 Å². The second kappa shape index (κ2) is 10.4. The van der Waals surface area contributed by atoms with E-state index in [0.29, 0.717) is 49.4 Å². The highest BCUT2D eigenvalue weighted by Crippen LogP contribution is 2.27. The van der Waals surface area contributed by atoms with E-state index < -0.39 is 10.0 Å². The number of nitrogens with one attached hydrogen (secondary N) is 1. The van der Waals surface area contributed by atoms with Crippen molar-refractivity contribution >= 4 is 39.1 Å². The van der Waals surface area contributed by atoms with Gasteiger partial charge in [0.1, 0.15) is 0 Å². The summed E-state index contributed by atoms with van der Waals surface area (Å²) < 4.78 is 30.6. The summed E-state index contributed by atoms with van der Waals surface area (Å²) in [4.78, 5) is 14.7. The molecule has 0 atom stereocenters. The molecule has 1 aliphatic heterocycles. The number of para-hydroxylation sites is 2. The van der Waals surface area contributed by atoms with Crippen molar-refractivity contribution in [1.29, 1.82) is 0 Å². The lowest BCUT2D eigenvalue weighted by atomic mass is 10.2. The molecule has 2 aromatic carbocycles. The van der Waals surface area contributed by atoms with Crippen LogP contribution in [0.25, 0.3) is 0 Å². The Balaban J connectivity index is 1.32. The zero-order valence-electron chi connectivity index (χ0n) is 18.2. The monoisotopic (exact) mass is 487 g/mol. The van der Waals surface area contributed by atoms with Crippen LogP contribution in [0.4, 0.5) is 11.4 Å². The molecule has 0 saturated carbocycles. The maximum absolute atomic E-state index is 12.6. The molecule has 3 aromatic rings. The Morgan fingerprint density at radius 3 is 2.45 bits per heavy atom. The lowest BCUT2D eigenvalue weighted by Crippen LogP contribution is -2.48. The molecule has 1 saturated heterocycles. The summed E-state index contributed by atoms with van der Waals surface area (Å²) in [6, 6.07) is 17.3. The van der Waals surface area contributed by atoms with Crippen molar-refractivity contribution in [3.8, 4) is 0 Å². The first-order valence-electron chi connectivity index (χ1n) is 10.5. The predicted octanol–water partition coefficient (Wildman–Crippen LogP) is 2.47. The lowest BCUT2D eigenvalue weighted by molar-refractivity contribution is -0.113. The number of nitrogens with zero attached hydrogens (tertiary/aromatic N) is 4. The van der Waals surface area contributed by atoms with Crippen LogP contribution in [-0.2, 0) is 21.2 Å². The van der Waals surface area contributed by atoms with E-state index in [-0.39, 0.29) is 11.7 Å². The summed E-state index contributed by atoms with van der Waals surface area (Å²) in [5.74, 6) is 0.441. The van der Waals surface area contributed by atoms with Crippen LogP contribution in [-0.4, -0.2) is 67.0 Å². The van der Waals surface area contributed by atoms with Gasteiger partial charge in [-0.3, -0.25) is 4.79 Å². The third kappa shape index (κ3) is 6.34. The summed E-state index contributed by atoms with van der Waals surface area (Å²) in [6.45, 7) is 1.95. The van der Waals surface area contributed by atoms with Gasteiger partial charge >= 0.3 is 0 Å². The smallest absolute Gasteiger partial charge is 0.277 e. The van der Waals surface area contributed by atoms with Gasteiger partial charge in [-0.1, -0.05) is 54.2 Å². The Morgan fingerprint density at radius 2 is 1.73 bits per heavy atom. The summed E-state index contributed by atoms with van der Waals surface area (Å²) in [5, 5.41) is 11.4. The molecule has 1 aromatic heterocycles. The zero-order valence-corrected chi connectivity index (χ0v) is 19.8. The molecule has 1 N–H and O–H groups in total. The first-order valence-corrected chi connectivity index (χ1v) is 13.3. The van der Waals surface area contributed by atoms with Crippen molar-refractivity contribution in [2.24, 2.45) is 0 Å². The Bertz CT molecular complexity index is 1190. The number of sulfonamides is 1. The fourth-order valence-corrected chi connectivity index (χ4v) is 4.97. The molecular weight excluding hydrogens is 462 g/mol. The van der Waals surface area contributed by atoms with Gasteiger partial charge in [-0.2, -0.15) is 4.31 Å². The van der Waals surface area contributed by atoms with Gasteiger partial charge < -0.3 is 14.6 Å². The number of hydrogen-bond acceptors (Lipinski definition) is 8. The van der Waals surface area contributed by atoms with Gasteiger partial charge in [-0.15, -0.1) is 10.2 Å². The largest absolute Gasteiger partial charge is 0.416 e. The first kappa shape index (κ1) is 23.3. The Labute approximate surface area is 197 Å². The highest BCUT2D eigenvalue weighted by atomic mass is 32.2. The molecule has 1 amide bonds. The molecule has 4 rings (SSSR count). The van der Waals surface area contributed by atoms with E-state index in [0.717, 1.165) is 11.3 Å². The SMILES string of the molecule is CS(=O)(=O)N1CCN(c2ccccc2NC(=O)CSc2nnc(Cc3ccccc3)o2)CC1. The van der Waals surface area contributed by atoms with E-state index >= 15 is 0 Å². The number of amides is 1. The molecule has 33 heavy (non-hydrogen) atoms. The number of benzene rings is 2. The van der Waals surface area contributed by atoms with Crippen LogP contribution in [0.5, 0.6) is 0 Å². The minimum atomic E-state index is -3.20. The van der Waals surface area contributed by atoms with Gasteiger partial charge in [0, 0.05) is 26.2 Å². The van der Waals surface area contributed by atoms with E-state index in [1.54, 1.807) is 0 Å². The number of piperazine rings is 1. The number of rotatable bonds is 8. The Hall–Kier alpha value is -2.89. The molecule has 2 heterocycles. The average molecular weight is 488 g/mol. The summed E-state index contributed by atoms with van der Waals surface area (Å²) >= 11 is 1.18. The minimum absolute atomic E-state index is 0.128. The van der Waals surface area contributed by atoms with E-state index in [4.69, 9.17) is 4.42 Å². The summed E-state index contributed by atoms with van der Waals surface area (Å²) in [7, 11) is -3.20. The van der Waals surface area contributed by atoms with Gasteiger partial charge in [0.05, 0.1) is 29.8 Å². The van der Waals surface area contributed by atoms with E-state index in [2.05, 4.69) is 20.4 Å². The summed E-state index contributed by atoms with van der Waals surface area (Å²) in [6.07, 6.45) is 1.77. The van der Waals surface area contributed by atoms with Crippen molar-refractivity contribution in [3.05, 3.63) is 66.1 Å². The quantitative estimate of drug-likeness (QED) is 0.483. The number of aromatic nitrogens is 2. The predicted molar refractivity (Wildman–Crippen MR) is 128 cm³/mol. The van der Waals surface area contributed by atoms with Gasteiger partial charge in [0.15, 0.2) is 0 Å². The Morgan fingerprint density at radius 1 is 1.03 bits per heavy atom. The molecule has 0 aliphatic carbocycles. The van der Waals surface area contributed by atoms with Crippen LogP contribution in [0.15, 0.2) is 64.2 Å². The number of carbonyl (C=O) groups excluding carboxylic acids is 1. The van der Waals surface area contributed by atoms with Crippen LogP contribution in [0, 0.1) is 0 Å². The number of anilines is 2. The van der Waals surface area contributed by atoms with E-state index in [9.17, 15) is 13.2 Å². The molecule has 0 radical (unpaired) electrons. The van der Waals surface area contributed by atoms with Crippen LogP contribution in [0.2, 0.25) is 0 Å². The standard InChI is InChI=1S/C22H25N5O4S2/c1-33(29,30)27-13-11-26(12-14-27)19-10-6-5-9-18(19)23-20(28)16-32-22-25-24-21(31-22)15-17-7-3-2-4-8-17/h2-10H,11-16H2,1H3,(H,23,28). The lowest BCUT2D eigenvalue weighted by Gasteiger charge is -2.35. The van der Waals surface area contributed by atoms with Crippen molar-refractivity contribution in [2.45, 2.75) is 11.6 Å². The van der Waals surface area contributed by atoms with Crippen LogP contribution >= 0.6 is 11.8 Å². The second-order valence-electron chi connectivity index (χ2n) is 7.63. The van der Waals surface area contributed by atoms with Gasteiger partial charge in [-0.05, 0) is 17.7 Å². The molecule has 1 aliphatic rings. The molecule has 9 nitrogen and oxygen atoms in total. The molecule has 0 spiro atoms. The van der Waals surface area contributed by atoms with Crippen LogP contribution in [0.1, 0.15) is 11.5 Å². The third-order valence-electron chi connectivity index (χ3n) is 5.20. The number of carbonyl (C=O) groups is 1. The Kier molecular flexibility index (Phi) is 7.31. The molecule has 1 fully saturated rings. The highest BCUT2D eigenvalue weighted by Gasteiger charge is 2.24. The van der Waals surface area contributed by atoms with Crippen LogP contribution < -0.4 is 10.2 Å². The third-order valence-corrected chi connectivity index (χ3v) is 7.32. The second-order valence-corrected chi connectivity index (χ2v) is 10.5. The van der Waals surface area contributed by atoms with Crippen molar-refractivity contribution < 1.29 is 17.6 Å². The zero-order chi connectivity index (χ0) is 23.3. The van der Waals surface area contributed by atoms with Gasteiger partial charge in [-0.25, -0.2) is 8.42 Å². The molecule has 174 valence electrons.